The van der Waals surface area contributed by atoms with Gasteiger partial charge in [0.05, 0.1) is 5.69 Å². The molecule has 0 spiro atoms. The van der Waals surface area contributed by atoms with Crippen LogP contribution in [0.25, 0.3) is 0 Å². The number of carbonyl (C=O) groups is 2. The molecular formula is C17H26FN3O2. The van der Waals surface area contributed by atoms with E-state index < -0.39 is 11.9 Å². The fourth-order valence-electron chi connectivity index (χ4n) is 2.54. The molecule has 0 aliphatic rings. The lowest BCUT2D eigenvalue weighted by molar-refractivity contribution is -0.135. The van der Waals surface area contributed by atoms with Crippen LogP contribution in [0.5, 0.6) is 0 Å². The Morgan fingerprint density at radius 3 is 2.13 bits per heavy atom. The summed E-state index contributed by atoms with van der Waals surface area (Å²) < 4.78 is 13.6. The molecule has 0 unspecified atom stereocenters. The summed E-state index contributed by atoms with van der Waals surface area (Å²) in [4.78, 5) is 25.5. The minimum atomic E-state index is -0.518. The van der Waals surface area contributed by atoms with Crippen molar-refractivity contribution in [1.82, 2.24) is 4.90 Å². The quantitative estimate of drug-likeness (QED) is 0.845. The predicted molar refractivity (Wildman–Crippen MR) is 90.9 cm³/mol. The van der Waals surface area contributed by atoms with Crippen LogP contribution in [0.4, 0.5) is 15.8 Å². The molecule has 0 saturated heterocycles. The third-order valence-corrected chi connectivity index (χ3v) is 3.40. The SMILES string of the molecule is CC(=O)Nc1cc(N[C@H](C)C(=O)N(C(C)C)C(C)C)ccc1F. The van der Waals surface area contributed by atoms with Crippen LogP contribution in [0.1, 0.15) is 41.5 Å². The first-order chi connectivity index (χ1) is 10.6. The molecule has 1 atom stereocenters. The van der Waals surface area contributed by atoms with E-state index in [0.29, 0.717) is 5.69 Å². The maximum absolute atomic E-state index is 13.6. The van der Waals surface area contributed by atoms with E-state index in [9.17, 15) is 14.0 Å². The Labute approximate surface area is 137 Å². The van der Waals surface area contributed by atoms with Crippen LogP contribution in [0, 0.1) is 5.82 Å². The van der Waals surface area contributed by atoms with Crippen molar-refractivity contribution in [3.8, 4) is 0 Å². The molecule has 2 amide bonds. The van der Waals surface area contributed by atoms with E-state index >= 15 is 0 Å². The number of carbonyl (C=O) groups excluding carboxylic acids is 2. The molecule has 5 nitrogen and oxygen atoms in total. The van der Waals surface area contributed by atoms with Crippen LogP contribution in [0.2, 0.25) is 0 Å². The summed E-state index contributed by atoms with van der Waals surface area (Å²) >= 11 is 0. The zero-order valence-corrected chi connectivity index (χ0v) is 14.6. The normalized spacial score (nSPS) is 12.2. The van der Waals surface area contributed by atoms with E-state index in [4.69, 9.17) is 0 Å². The van der Waals surface area contributed by atoms with Gasteiger partial charge in [-0.15, -0.1) is 0 Å². The molecule has 6 heteroatoms. The van der Waals surface area contributed by atoms with Crippen molar-refractivity contribution < 1.29 is 14.0 Å². The minimum absolute atomic E-state index is 0.0274. The average molecular weight is 323 g/mol. The van der Waals surface area contributed by atoms with E-state index in [-0.39, 0.29) is 29.6 Å². The smallest absolute Gasteiger partial charge is 0.245 e. The van der Waals surface area contributed by atoms with Crippen molar-refractivity contribution in [3.05, 3.63) is 24.0 Å². The number of hydrogen-bond acceptors (Lipinski definition) is 3. The van der Waals surface area contributed by atoms with E-state index in [0.717, 1.165) is 0 Å². The highest BCUT2D eigenvalue weighted by Gasteiger charge is 2.25. The standard InChI is InChI=1S/C17H26FN3O2/c1-10(2)21(11(3)4)17(23)12(5)19-14-7-8-15(18)16(9-14)20-13(6)22/h7-12,19H,1-6H3,(H,20,22)/t12-/m1/s1. The summed E-state index contributed by atoms with van der Waals surface area (Å²) in [6.07, 6.45) is 0. The monoisotopic (exact) mass is 323 g/mol. The highest BCUT2D eigenvalue weighted by Crippen LogP contribution is 2.21. The van der Waals surface area contributed by atoms with Crippen molar-refractivity contribution in [2.45, 2.75) is 59.7 Å². The first-order valence-corrected chi connectivity index (χ1v) is 7.79. The number of hydrogen-bond donors (Lipinski definition) is 2. The summed E-state index contributed by atoms with van der Waals surface area (Å²) in [5.41, 5.74) is 0.662. The lowest BCUT2D eigenvalue weighted by atomic mass is 10.1. The van der Waals surface area contributed by atoms with Gasteiger partial charge in [0, 0.05) is 24.7 Å². The third kappa shape index (κ3) is 5.23. The van der Waals surface area contributed by atoms with Crippen LogP contribution in [-0.2, 0) is 9.59 Å². The summed E-state index contributed by atoms with van der Waals surface area (Å²) in [6.45, 7) is 11.0. The van der Waals surface area contributed by atoms with E-state index in [1.807, 2.05) is 27.7 Å². The molecule has 0 fully saturated rings. The number of rotatable bonds is 6. The maximum Gasteiger partial charge on any atom is 0.245 e. The number of amides is 2. The molecule has 2 N–H and O–H groups in total. The van der Waals surface area contributed by atoms with Gasteiger partial charge in [-0.25, -0.2) is 4.39 Å². The highest BCUT2D eigenvalue weighted by atomic mass is 19.1. The van der Waals surface area contributed by atoms with Crippen molar-refractivity contribution in [1.29, 1.82) is 0 Å². The Morgan fingerprint density at radius 2 is 1.65 bits per heavy atom. The van der Waals surface area contributed by atoms with E-state index in [1.54, 1.807) is 17.9 Å². The molecule has 128 valence electrons. The minimum Gasteiger partial charge on any atom is -0.374 e. The Kier molecular flexibility index (Phi) is 6.54. The summed E-state index contributed by atoms with van der Waals surface area (Å²) in [5, 5.41) is 5.49. The molecule has 1 aromatic carbocycles. The van der Waals surface area contributed by atoms with Crippen LogP contribution < -0.4 is 10.6 Å². The van der Waals surface area contributed by atoms with Crippen LogP contribution in [0.15, 0.2) is 18.2 Å². The van der Waals surface area contributed by atoms with Crippen molar-refractivity contribution in [2.75, 3.05) is 10.6 Å². The van der Waals surface area contributed by atoms with Gasteiger partial charge in [0.1, 0.15) is 11.9 Å². The van der Waals surface area contributed by atoms with Crippen molar-refractivity contribution >= 4 is 23.2 Å². The van der Waals surface area contributed by atoms with Gasteiger partial charge < -0.3 is 15.5 Å². The van der Waals surface area contributed by atoms with Crippen LogP contribution in [-0.4, -0.2) is 34.8 Å². The largest absolute Gasteiger partial charge is 0.374 e. The number of halogens is 1. The first-order valence-electron chi connectivity index (χ1n) is 7.79. The van der Waals surface area contributed by atoms with Crippen molar-refractivity contribution in [3.63, 3.8) is 0 Å². The van der Waals surface area contributed by atoms with Gasteiger partial charge in [-0.2, -0.15) is 0 Å². The van der Waals surface area contributed by atoms with Crippen molar-refractivity contribution in [2.24, 2.45) is 0 Å². The van der Waals surface area contributed by atoms with Gasteiger partial charge in [-0.05, 0) is 52.8 Å². The molecule has 0 saturated carbocycles. The molecule has 0 bridgehead atoms. The van der Waals surface area contributed by atoms with Crippen LogP contribution >= 0.6 is 0 Å². The zero-order chi connectivity index (χ0) is 17.7. The number of nitrogens with one attached hydrogen (secondary N) is 2. The number of nitrogens with zero attached hydrogens (tertiary/aromatic N) is 1. The lowest BCUT2D eigenvalue weighted by Crippen LogP contribution is -2.48. The lowest BCUT2D eigenvalue weighted by Gasteiger charge is -2.33. The fourth-order valence-corrected chi connectivity index (χ4v) is 2.54. The Balaban J connectivity index is 2.90. The fraction of sp³-hybridized carbons (Fsp3) is 0.529. The molecule has 0 aromatic heterocycles. The van der Waals surface area contributed by atoms with Gasteiger partial charge in [-0.1, -0.05) is 0 Å². The van der Waals surface area contributed by atoms with Gasteiger partial charge >= 0.3 is 0 Å². The second-order valence-corrected chi connectivity index (χ2v) is 6.17. The maximum atomic E-state index is 13.6. The highest BCUT2D eigenvalue weighted by molar-refractivity contribution is 5.90. The molecule has 0 aliphatic heterocycles. The Bertz CT molecular complexity index is 565. The molecule has 0 aliphatic carbocycles. The average Bonchev–Trinajstić information content (AvgIpc) is 2.41. The number of anilines is 2. The number of benzene rings is 1. The predicted octanol–water partition coefficient (Wildman–Crippen LogP) is 3.23. The topological polar surface area (TPSA) is 61.4 Å². The van der Waals surface area contributed by atoms with E-state index in [2.05, 4.69) is 10.6 Å². The molecule has 23 heavy (non-hydrogen) atoms. The molecule has 1 aromatic rings. The molecule has 0 heterocycles. The van der Waals surface area contributed by atoms with Gasteiger partial charge in [0.15, 0.2) is 0 Å². The van der Waals surface area contributed by atoms with E-state index in [1.165, 1.54) is 19.1 Å². The first kappa shape index (κ1) is 18.9. The molecule has 0 radical (unpaired) electrons. The van der Waals surface area contributed by atoms with Gasteiger partial charge in [-0.3, -0.25) is 9.59 Å². The van der Waals surface area contributed by atoms with Crippen LogP contribution in [0.3, 0.4) is 0 Å². The summed E-state index contributed by atoms with van der Waals surface area (Å²) in [6, 6.07) is 4.00. The second-order valence-electron chi connectivity index (χ2n) is 6.17. The summed E-state index contributed by atoms with van der Waals surface area (Å²) in [7, 11) is 0. The Morgan fingerprint density at radius 1 is 1.09 bits per heavy atom. The third-order valence-electron chi connectivity index (χ3n) is 3.40. The summed E-state index contributed by atoms with van der Waals surface area (Å²) in [5.74, 6) is -0.896. The molecule has 1 rings (SSSR count). The Hall–Kier alpha value is -2.11. The van der Waals surface area contributed by atoms with Gasteiger partial charge in [0.25, 0.3) is 0 Å². The zero-order valence-electron chi connectivity index (χ0n) is 14.6. The molecular weight excluding hydrogens is 297 g/mol. The second kappa shape index (κ2) is 7.94. The van der Waals surface area contributed by atoms with Gasteiger partial charge in [0.2, 0.25) is 11.8 Å².